The van der Waals surface area contributed by atoms with Crippen LogP contribution >= 0.6 is 0 Å². The zero-order valence-corrected chi connectivity index (χ0v) is 8.52. The molecule has 1 heterocycles. The van der Waals surface area contributed by atoms with Crippen LogP contribution in [0.2, 0.25) is 0 Å². The van der Waals surface area contributed by atoms with Crippen molar-refractivity contribution in [3.05, 3.63) is 0 Å². The molecule has 3 heteroatoms. The highest BCUT2D eigenvalue weighted by Crippen LogP contribution is 2.35. The third-order valence-corrected chi connectivity index (χ3v) is 2.72. The SMILES string of the molecule is CC1(C)CCCC(C)(C)N1O.O. The van der Waals surface area contributed by atoms with E-state index in [4.69, 9.17) is 0 Å². The molecule has 0 spiro atoms. The van der Waals surface area contributed by atoms with E-state index < -0.39 is 0 Å². The normalized spacial score (nSPS) is 27.8. The van der Waals surface area contributed by atoms with E-state index in [1.807, 2.05) is 0 Å². The van der Waals surface area contributed by atoms with Gasteiger partial charge in [0.2, 0.25) is 0 Å². The van der Waals surface area contributed by atoms with E-state index in [1.54, 1.807) is 0 Å². The maximum absolute atomic E-state index is 9.80. The van der Waals surface area contributed by atoms with Crippen molar-refractivity contribution in [2.45, 2.75) is 58.0 Å². The zero-order chi connectivity index (χ0) is 8.70. The molecule has 12 heavy (non-hydrogen) atoms. The van der Waals surface area contributed by atoms with E-state index in [2.05, 4.69) is 27.7 Å². The summed E-state index contributed by atoms with van der Waals surface area (Å²) in [6.45, 7) is 8.36. The fourth-order valence-corrected chi connectivity index (χ4v) is 1.98. The lowest BCUT2D eigenvalue weighted by Crippen LogP contribution is -2.56. The Kier molecular flexibility index (Phi) is 3.29. The summed E-state index contributed by atoms with van der Waals surface area (Å²) in [7, 11) is 0. The van der Waals surface area contributed by atoms with Gasteiger partial charge >= 0.3 is 0 Å². The van der Waals surface area contributed by atoms with Gasteiger partial charge < -0.3 is 10.7 Å². The number of hydroxylamine groups is 2. The molecule has 0 amide bonds. The fourth-order valence-electron chi connectivity index (χ4n) is 1.98. The Labute approximate surface area is 74.6 Å². The first-order valence-electron chi connectivity index (χ1n) is 4.35. The number of piperidine rings is 1. The summed E-state index contributed by atoms with van der Waals surface area (Å²) in [5.74, 6) is 0. The molecule has 74 valence electrons. The molecule has 1 rings (SSSR count). The van der Waals surface area contributed by atoms with Crippen molar-refractivity contribution in [3.63, 3.8) is 0 Å². The zero-order valence-electron chi connectivity index (χ0n) is 8.52. The first kappa shape index (κ1) is 11.9. The molecule has 0 aliphatic carbocycles. The third kappa shape index (κ3) is 1.97. The largest absolute Gasteiger partial charge is 0.412 e. The van der Waals surface area contributed by atoms with E-state index >= 15 is 0 Å². The van der Waals surface area contributed by atoms with Gasteiger partial charge in [-0.15, -0.1) is 0 Å². The van der Waals surface area contributed by atoms with Crippen LogP contribution in [-0.2, 0) is 0 Å². The molecular weight excluding hydrogens is 154 g/mol. The predicted molar refractivity (Wildman–Crippen MR) is 49.2 cm³/mol. The lowest BCUT2D eigenvalue weighted by Gasteiger charge is -2.48. The van der Waals surface area contributed by atoms with Gasteiger partial charge in [0.1, 0.15) is 0 Å². The topological polar surface area (TPSA) is 55.0 Å². The van der Waals surface area contributed by atoms with E-state index in [0.717, 1.165) is 12.8 Å². The van der Waals surface area contributed by atoms with Gasteiger partial charge in [0.25, 0.3) is 0 Å². The average molecular weight is 175 g/mol. The van der Waals surface area contributed by atoms with Gasteiger partial charge in [-0.05, 0) is 47.0 Å². The monoisotopic (exact) mass is 175 g/mol. The highest BCUT2D eigenvalue weighted by Gasteiger charge is 2.40. The highest BCUT2D eigenvalue weighted by atomic mass is 16.5. The first-order valence-corrected chi connectivity index (χ1v) is 4.35. The maximum atomic E-state index is 9.80. The second-order valence-electron chi connectivity index (χ2n) is 4.79. The Morgan fingerprint density at radius 1 is 1.00 bits per heavy atom. The molecule has 0 bridgehead atoms. The first-order chi connectivity index (χ1) is 4.86. The van der Waals surface area contributed by atoms with Gasteiger partial charge in [0.15, 0.2) is 0 Å². The lowest BCUT2D eigenvalue weighted by atomic mass is 9.82. The average Bonchev–Trinajstić information content (AvgIpc) is 1.82. The van der Waals surface area contributed by atoms with Gasteiger partial charge in [-0.2, -0.15) is 5.06 Å². The lowest BCUT2D eigenvalue weighted by molar-refractivity contribution is -0.241. The number of hydrogen-bond acceptors (Lipinski definition) is 2. The van der Waals surface area contributed by atoms with Crippen molar-refractivity contribution in [2.24, 2.45) is 0 Å². The molecule has 0 aromatic rings. The Morgan fingerprint density at radius 2 is 1.33 bits per heavy atom. The Hall–Kier alpha value is -0.120. The van der Waals surface area contributed by atoms with Crippen LogP contribution in [0.3, 0.4) is 0 Å². The Balaban J connectivity index is 0.00000121. The summed E-state index contributed by atoms with van der Waals surface area (Å²) in [6, 6.07) is 0. The number of hydrogen-bond donors (Lipinski definition) is 1. The summed E-state index contributed by atoms with van der Waals surface area (Å²) in [5, 5.41) is 11.3. The number of rotatable bonds is 0. The van der Waals surface area contributed by atoms with Crippen molar-refractivity contribution in [3.8, 4) is 0 Å². The summed E-state index contributed by atoms with van der Waals surface area (Å²) >= 11 is 0. The molecular formula is C9H21NO2. The van der Waals surface area contributed by atoms with Gasteiger partial charge in [-0.25, -0.2) is 0 Å². The van der Waals surface area contributed by atoms with Crippen molar-refractivity contribution < 1.29 is 10.7 Å². The van der Waals surface area contributed by atoms with Gasteiger partial charge in [0.05, 0.1) is 0 Å². The van der Waals surface area contributed by atoms with Crippen molar-refractivity contribution in [1.82, 2.24) is 5.06 Å². The van der Waals surface area contributed by atoms with E-state index in [1.165, 1.54) is 11.5 Å². The van der Waals surface area contributed by atoms with Crippen molar-refractivity contribution in [1.29, 1.82) is 0 Å². The third-order valence-electron chi connectivity index (χ3n) is 2.72. The summed E-state index contributed by atoms with van der Waals surface area (Å²) in [4.78, 5) is 0. The quantitative estimate of drug-likeness (QED) is 0.608. The molecule has 3 nitrogen and oxygen atoms in total. The molecule has 0 aromatic carbocycles. The molecule has 0 atom stereocenters. The van der Waals surface area contributed by atoms with Gasteiger partial charge in [0, 0.05) is 11.1 Å². The molecule has 1 saturated heterocycles. The Morgan fingerprint density at radius 3 is 1.58 bits per heavy atom. The van der Waals surface area contributed by atoms with Gasteiger partial charge in [-0.3, -0.25) is 0 Å². The number of nitrogens with zero attached hydrogens (tertiary/aromatic N) is 1. The van der Waals surface area contributed by atoms with Crippen molar-refractivity contribution >= 4 is 0 Å². The minimum absolute atomic E-state index is 0. The molecule has 3 N–H and O–H groups in total. The van der Waals surface area contributed by atoms with E-state index in [0.29, 0.717) is 0 Å². The van der Waals surface area contributed by atoms with Crippen LogP contribution in [0.1, 0.15) is 47.0 Å². The standard InChI is InChI=1S/C9H19NO.H2O/c1-8(2)6-5-7-9(3,4)10(8)11;/h11H,5-7H2,1-4H3;1H2. The summed E-state index contributed by atoms with van der Waals surface area (Å²) in [6.07, 6.45) is 3.40. The van der Waals surface area contributed by atoms with Crippen LogP contribution in [0.4, 0.5) is 0 Å². The molecule has 0 unspecified atom stereocenters. The molecule has 1 fully saturated rings. The van der Waals surface area contributed by atoms with Crippen LogP contribution < -0.4 is 0 Å². The Bertz CT molecular complexity index is 139. The molecule has 0 aromatic heterocycles. The molecule has 0 saturated carbocycles. The minimum atomic E-state index is -0.0399. The second kappa shape index (κ2) is 3.32. The predicted octanol–water partition coefficient (Wildman–Crippen LogP) is 1.59. The van der Waals surface area contributed by atoms with Crippen LogP contribution in [0.25, 0.3) is 0 Å². The van der Waals surface area contributed by atoms with Crippen LogP contribution in [0, 0.1) is 0 Å². The molecule has 0 radical (unpaired) electrons. The van der Waals surface area contributed by atoms with Crippen LogP contribution in [0.15, 0.2) is 0 Å². The maximum Gasteiger partial charge on any atom is 0.0410 e. The van der Waals surface area contributed by atoms with Gasteiger partial charge in [-0.1, -0.05) is 0 Å². The molecule has 1 aliphatic heterocycles. The second-order valence-corrected chi connectivity index (χ2v) is 4.79. The van der Waals surface area contributed by atoms with Crippen LogP contribution in [0.5, 0.6) is 0 Å². The smallest absolute Gasteiger partial charge is 0.0410 e. The molecule has 1 aliphatic rings. The van der Waals surface area contributed by atoms with E-state index in [9.17, 15) is 5.21 Å². The minimum Gasteiger partial charge on any atom is -0.412 e. The van der Waals surface area contributed by atoms with E-state index in [-0.39, 0.29) is 16.6 Å². The highest BCUT2D eigenvalue weighted by molar-refractivity contribution is 4.91. The van der Waals surface area contributed by atoms with Crippen LogP contribution in [-0.4, -0.2) is 26.8 Å². The van der Waals surface area contributed by atoms with Crippen molar-refractivity contribution in [2.75, 3.05) is 0 Å². The summed E-state index contributed by atoms with van der Waals surface area (Å²) < 4.78 is 0. The fraction of sp³-hybridized carbons (Fsp3) is 1.00. The summed E-state index contributed by atoms with van der Waals surface area (Å²) in [5.41, 5.74) is -0.0799.